The Hall–Kier alpha value is 0.0969. The van der Waals surface area contributed by atoms with Crippen molar-refractivity contribution in [2.75, 3.05) is 20.0 Å². The lowest BCUT2D eigenvalue weighted by Gasteiger charge is -2.18. The molecule has 1 aliphatic rings. The number of hydrogen-bond acceptors (Lipinski definition) is 3. The third-order valence-corrected chi connectivity index (χ3v) is 2.74. The van der Waals surface area contributed by atoms with E-state index in [9.17, 15) is 0 Å². The number of rotatable bonds is 4. The third kappa shape index (κ3) is 4.20. The molecule has 12 heavy (non-hydrogen) atoms. The van der Waals surface area contributed by atoms with Gasteiger partial charge < -0.3 is 13.9 Å². The lowest BCUT2D eigenvalue weighted by molar-refractivity contribution is 0.0406. The number of hydrogen-bond donors (Lipinski definition) is 0. The van der Waals surface area contributed by atoms with Gasteiger partial charge in [0.1, 0.15) is 6.79 Å². The summed E-state index contributed by atoms with van der Waals surface area (Å²) in [5.41, 5.74) is 0. The van der Waals surface area contributed by atoms with E-state index in [4.69, 9.17) is 13.9 Å². The van der Waals surface area contributed by atoms with E-state index >= 15 is 0 Å². The smallest absolute Gasteiger partial charge is 0.183 e. The second kappa shape index (κ2) is 4.37. The van der Waals surface area contributed by atoms with E-state index in [0.717, 1.165) is 19.6 Å². The first-order chi connectivity index (χ1) is 5.58. The summed E-state index contributed by atoms with van der Waals surface area (Å²) < 4.78 is 16.0. The molecule has 0 aromatic carbocycles. The van der Waals surface area contributed by atoms with E-state index in [1.54, 1.807) is 0 Å². The molecule has 4 heteroatoms. The van der Waals surface area contributed by atoms with Crippen LogP contribution >= 0.6 is 0 Å². The highest BCUT2D eigenvalue weighted by Crippen LogP contribution is 2.09. The van der Waals surface area contributed by atoms with Gasteiger partial charge in [-0.05, 0) is 26.1 Å². The molecule has 0 aromatic rings. The molecule has 0 spiro atoms. The zero-order valence-corrected chi connectivity index (χ0v) is 9.13. The topological polar surface area (TPSA) is 27.7 Å². The third-order valence-electron chi connectivity index (χ3n) is 1.67. The molecular weight excluding hydrogens is 172 g/mol. The van der Waals surface area contributed by atoms with Gasteiger partial charge in [0.2, 0.25) is 0 Å². The summed E-state index contributed by atoms with van der Waals surface area (Å²) in [6.07, 6.45) is 1.23. The Bertz CT molecular complexity index is 127. The van der Waals surface area contributed by atoms with Crippen LogP contribution in [0.1, 0.15) is 6.42 Å². The molecule has 1 heterocycles. The summed E-state index contributed by atoms with van der Waals surface area (Å²) in [5.74, 6) is 0. The lowest BCUT2D eigenvalue weighted by atomic mass is 10.3. The minimum absolute atomic E-state index is 0.265. The van der Waals surface area contributed by atoms with Gasteiger partial charge in [-0.3, -0.25) is 0 Å². The molecule has 1 saturated heterocycles. The van der Waals surface area contributed by atoms with Crippen molar-refractivity contribution in [3.63, 3.8) is 0 Å². The van der Waals surface area contributed by atoms with Crippen molar-refractivity contribution in [2.24, 2.45) is 0 Å². The molecule has 0 radical (unpaired) electrons. The van der Waals surface area contributed by atoms with Gasteiger partial charge in [0.25, 0.3) is 0 Å². The predicted octanol–water partition coefficient (Wildman–Crippen LogP) is 1.60. The van der Waals surface area contributed by atoms with E-state index in [1.165, 1.54) is 0 Å². The van der Waals surface area contributed by atoms with Crippen LogP contribution < -0.4 is 0 Å². The molecule has 1 unspecified atom stereocenters. The Kier molecular flexibility index (Phi) is 3.70. The highest BCUT2D eigenvalue weighted by Gasteiger charge is 2.18. The molecule has 72 valence electrons. The first-order valence-electron chi connectivity index (χ1n) is 4.41. The zero-order chi connectivity index (χ0) is 9.03. The Morgan fingerprint density at radius 1 is 1.42 bits per heavy atom. The van der Waals surface area contributed by atoms with E-state index < -0.39 is 8.32 Å². The average molecular weight is 190 g/mol. The van der Waals surface area contributed by atoms with Crippen LogP contribution in [0.2, 0.25) is 19.6 Å². The molecule has 1 rings (SSSR count). The van der Waals surface area contributed by atoms with E-state index in [0.29, 0.717) is 6.79 Å². The molecule has 0 saturated carbocycles. The largest absolute Gasteiger partial charge is 0.418 e. The molecule has 0 amide bonds. The van der Waals surface area contributed by atoms with Crippen LogP contribution in [0.15, 0.2) is 0 Å². The van der Waals surface area contributed by atoms with Crippen molar-refractivity contribution in [1.82, 2.24) is 0 Å². The molecule has 1 aliphatic heterocycles. The number of ether oxygens (including phenoxy) is 2. The molecular formula is C8H18O3Si. The minimum atomic E-state index is -1.33. The van der Waals surface area contributed by atoms with E-state index in [1.807, 2.05) is 0 Å². The normalized spacial score (nSPS) is 24.8. The maximum Gasteiger partial charge on any atom is 0.183 e. The van der Waals surface area contributed by atoms with Crippen LogP contribution in [-0.4, -0.2) is 34.4 Å². The standard InChI is InChI=1S/C8H18O3Si/c1-12(2,3)11-5-4-8-6-9-7-10-8/h8H,4-7H2,1-3H3. The Morgan fingerprint density at radius 2 is 2.17 bits per heavy atom. The van der Waals surface area contributed by atoms with Crippen LogP contribution in [0.25, 0.3) is 0 Å². The maximum absolute atomic E-state index is 5.69. The van der Waals surface area contributed by atoms with Gasteiger partial charge in [-0.25, -0.2) is 0 Å². The minimum Gasteiger partial charge on any atom is -0.418 e. The average Bonchev–Trinajstić information content (AvgIpc) is 2.36. The zero-order valence-electron chi connectivity index (χ0n) is 8.13. The van der Waals surface area contributed by atoms with Crippen molar-refractivity contribution in [3.05, 3.63) is 0 Å². The second-order valence-corrected chi connectivity index (χ2v) is 8.54. The van der Waals surface area contributed by atoms with Crippen molar-refractivity contribution >= 4 is 8.32 Å². The first kappa shape index (κ1) is 10.2. The Morgan fingerprint density at radius 3 is 2.67 bits per heavy atom. The van der Waals surface area contributed by atoms with Gasteiger partial charge >= 0.3 is 0 Å². The van der Waals surface area contributed by atoms with Crippen LogP contribution in [0.3, 0.4) is 0 Å². The fourth-order valence-corrected chi connectivity index (χ4v) is 1.77. The van der Waals surface area contributed by atoms with Crippen molar-refractivity contribution < 1.29 is 13.9 Å². The quantitative estimate of drug-likeness (QED) is 0.630. The van der Waals surface area contributed by atoms with E-state index in [2.05, 4.69) is 19.6 Å². The van der Waals surface area contributed by atoms with Crippen LogP contribution in [0, 0.1) is 0 Å². The van der Waals surface area contributed by atoms with Gasteiger partial charge in [0.15, 0.2) is 8.32 Å². The molecule has 0 aromatic heterocycles. The summed E-state index contributed by atoms with van der Waals surface area (Å²) in [6, 6.07) is 0. The van der Waals surface area contributed by atoms with Crippen LogP contribution in [0.5, 0.6) is 0 Å². The van der Waals surface area contributed by atoms with Gasteiger partial charge in [0, 0.05) is 6.61 Å². The van der Waals surface area contributed by atoms with E-state index in [-0.39, 0.29) is 6.10 Å². The summed E-state index contributed by atoms with van der Waals surface area (Å²) in [6.45, 7) is 8.58. The Balaban J connectivity index is 2.02. The molecule has 0 bridgehead atoms. The Labute approximate surface area is 75.1 Å². The highest BCUT2D eigenvalue weighted by atomic mass is 28.4. The van der Waals surface area contributed by atoms with Gasteiger partial charge in [-0.2, -0.15) is 0 Å². The molecule has 0 aliphatic carbocycles. The van der Waals surface area contributed by atoms with Gasteiger partial charge in [0.05, 0.1) is 12.7 Å². The molecule has 1 atom stereocenters. The molecule has 1 fully saturated rings. The molecule has 3 nitrogen and oxygen atoms in total. The van der Waals surface area contributed by atoms with Crippen molar-refractivity contribution in [2.45, 2.75) is 32.2 Å². The molecule has 0 N–H and O–H groups in total. The summed E-state index contributed by atoms with van der Waals surface area (Å²) in [7, 11) is -1.33. The van der Waals surface area contributed by atoms with Crippen molar-refractivity contribution in [1.29, 1.82) is 0 Å². The summed E-state index contributed by atoms with van der Waals surface area (Å²) in [4.78, 5) is 0. The van der Waals surface area contributed by atoms with Crippen LogP contribution in [0.4, 0.5) is 0 Å². The van der Waals surface area contributed by atoms with Crippen LogP contribution in [-0.2, 0) is 13.9 Å². The fraction of sp³-hybridized carbons (Fsp3) is 1.00. The first-order valence-corrected chi connectivity index (χ1v) is 7.82. The maximum atomic E-state index is 5.69. The SMILES string of the molecule is C[Si](C)(C)OCCC1COCO1. The van der Waals surface area contributed by atoms with Gasteiger partial charge in [-0.1, -0.05) is 0 Å². The van der Waals surface area contributed by atoms with Gasteiger partial charge in [-0.15, -0.1) is 0 Å². The monoisotopic (exact) mass is 190 g/mol. The summed E-state index contributed by atoms with van der Waals surface area (Å²) in [5, 5.41) is 0. The summed E-state index contributed by atoms with van der Waals surface area (Å²) >= 11 is 0. The van der Waals surface area contributed by atoms with Crippen molar-refractivity contribution in [3.8, 4) is 0 Å². The highest BCUT2D eigenvalue weighted by molar-refractivity contribution is 6.69. The fourth-order valence-electron chi connectivity index (χ4n) is 1.04. The second-order valence-electron chi connectivity index (χ2n) is 4.03. The predicted molar refractivity (Wildman–Crippen MR) is 49.6 cm³/mol. The lowest BCUT2D eigenvalue weighted by Crippen LogP contribution is -2.27.